The topological polar surface area (TPSA) is 77.5 Å². The van der Waals surface area contributed by atoms with Crippen LogP contribution in [0.1, 0.15) is 5.82 Å². The molecule has 22 heavy (non-hydrogen) atoms. The van der Waals surface area contributed by atoms with Crippen LogP contribution in [-0.2, 0) is 0 Å². The molecule has 0 aliphatic rings. The van der Waals surface area contributed by atoms with Gasteiger partial charge in [-0.15, -0.1) is 0 Å². The van der Waals surface area contributed by atoms with Gasteiger partial charge in [0.25, 0.3) is 11.3 Å². The zero-order valence-electron chi connectivity index (χ0n) is 11.4. The maximum Gasteiger partial charge on any atom is 0.258 e. The van der Waals surface area contributed by atoms with Crippen LogP contribution in [0.5, 0.6) is 0 Å². The summed E-state index contributed by atoms with van der Waals surface area (Å²) in [4.78, 5) is 24.8. The Morgan fingerprint density at radius 1 is 1.18 bits per heavy atom. The van der Waals surface area contributed by atoms with Gasteiger partial charge in [-0.1, -0.05) is 0 Å². The van der Waals surface area contributed by atoms with Gasteiger partial charge in [-0.05, 0) is 19.1 Å². The fourth-order valence-electron chi connectivity index (χ4n) is 2.24. The Morgan fingerprint density at radius 2 is 2.05 bits per heavy atom. The Kier molecular flexibility index (Phi) is 2.52. The Labute approximate surface area is 122 Å². The van der Waals surface area contributed by atoms with Crippen LogP contribution in [0.15, 0.2) is 41.6 Å². The van der Waals surface area contributed by atoms with E-state index in [1.54, 1.807) is 19.3 Å². The van der Waals surface area contributed by atoms with Crippen molar-refractivity contribution in [2.24, 2.45) is 0 Å². The summed E-state index contributed by atoms with van der Waals surface area (Å²) in [5, 5.41) is 4.18. The summed E-state index contributed by atoms with van der Waals surface area (Å²) in [6.45, 7) is 1.77. The summed E-state index contributed by atoms with van der Waals surface area (Å²) in [6, 6.07) is 4.04. The zero-order valence-corrected chi connectivity index (χ0v) is 11.4. The number of pyridine rings is 1. The summed E-state index contributed by atoms with van der Waals surface area (Å²) in [7, 11) is 0. The minimum absolute atomic E-state index is 0.360. The van der Waals surface area contributed by atoms with Crippen molar-refractivity contribution in [1.29, 1.82) is 0 Å². The predicted molar refractivity (Wildman–Crippen MR) is 75.9 cm³/mol. The smallest absolute Gasteiger partial charge is 0.258 e. The van der Waals surface area contributed by atoms with Crippen LogP contribution in [0.3, 0.4) is 0 Å². The van der Waals surface area contributed by atoms with E-state index < -0.39 is 5.82 Å². The lowest BCUT2D eigenvalue weighted by atomic mass is 10.2. The average molecular weight is 296 g/mol. The third kappa shape index (κ3) is 1.93. The highest BCUT2D eigenvalue weighted by atomic mass is 19.1. The molecule has 0 spiro atoms. The van der Waals surface area contributed by atoms with E-state index in [0.29, 0.717) is 28.5 Å². The van der Waals surface area contributed by atoms with Gasteiger partial charge in [-0.2, -0.15) is 10.1 Å². The Bertz CT molecular complexity index is 1080. The molecule has 0 fully saturated rings. The molecule has 0 saturated heterocycles. The second-order valence-electron chi connectivity index (χ2n) is 4.80. The first-order valence-electron chi connectivity index (χ1n) is 6.48. The van der Waals surface area contributed by atoms with Crippen LogP contribution in [0, 0.1) is 12.7 Å². The van der Waals surface area contributed by atoms with E-state index in [9.17, 15) is 9.18 Å². The lowest BCUT2D eigenvalue weighted by molar-refractivity contribution is 0.617. The molecule has 108 valence electrons. The first-order chi connectivity index (χ1) is 10.6. The van der Waals surface area contributed by atoms with E-state index in [1.165, 1.54) is 22.7 Å². The number of nitrogens with zero attached hydrogens (tertiary/aromatic N) is 6. The average Bonchev–Trinajstić information content (AvgIpc) is 2.87. The van der Waals surface area contributed by atoms with Crippen LogP contribution in [-0.4, -0.2) is 29.0 Å². The number of halogens is 1. The van der Waals surface area contributed by atoms with E-state index in [-0.39, 0.29) is 5.56 Å². The van der Waals surface area contributed by atoms with Crippen molar-refractivity contribution in [2.45, 2.75) is 6.92 Å². The molecular formula is C14H9FN6O. The van der Waals surface area contributed by atoms with E-state index >= 15 is 0 Å². The molecular weight excluding hydrogens is 287 g/mol. The van der Waals surface area contributed by atoms with E-state index in [2.05, 4.69) is 20.1 Å². The van der Waals surface area contributed by atoms with Crippen LogP contribution in [0.25, 0.3) is 22.7 Å². The Balaban J connectivity index is 1.95. The van der Waals surface area contributed by atoms with Crippen molar-refractivity contribution in [1.82, 2.24) is 29.0 Å². The molecule has 4 aromatic rings. The largest absolute Gasteiger partial charge is 0.269 e. The molecule has 4 heterocycles. The molecule has 4 rings (SSSR count). The summed E-state index contributed by atoms with van der Waals surface area (Å²) in [6.07, 6.45) is 4.38. The van der Waals surface area contributed by atoms with E-state index in [0.717, 1.165) is 10.6 Å². The Morgan fingerprint density at radius 3 is 2.91 bits per heavy atom. The van der Waals surface area contributed by atoms with Gasteiger partial charge in [0.1, 0.15) is 17.3 Å². The van der Waals surface area contributed by atoms with Crippen molar-refractivity contribution in [3.63, 3.8) is 0 Å². The van der Waals surface area contributed by atoms with Crippen LogP contribution >= 0.6 is 0 Å². The standard InChI is InChI=1S/C14H9FN6O/c1-8-17-14-16-5-9(6-21(14)19-8)11-4-13(22)20-7-10(15)2-3-12(20)18-11/h2-7H,1H3. The molecule has 0 amide bonds. The highest BCUT2D eigenvalue weighted by Crippen LogP contribution is 2.15. The Hall–Kier alpha value is -3.16. The van der Waals surface area contributed by atoms with E-state index in [4.69, 9.17) is 0 Å². The van der Waals surface area contributed by atoms with Crippen molar-refractivity contribution < 1.29 is 4.39 Å². The molecule has 0 aromatic carbocycles. The van der Waals surface area contributed by atoms with Gasteiger partial charge in [0, 0.05) is 30.2 Å². The third-order valence-corrected chi connectivity index (χ3v) is 3.22. The minimum Gasteiger partial charge on any atom is -0.269 e. The van der Waals surface area contributed by atoms with Gasteiger partial charge in [-0.25, -0.2) is 18.9 Å². The predicted octanol–water partition coefficient (Wildman–Crippen LogP) is 1.25. The van der Waals surface area contributed by atoms with Gasteiger partial charge in [-0.3, -0.25) is 9.20 Å². The maximum absolute atomic E-state index is 13.2. The lowest BCUT2D eigenvalue weighted by Gasteiger charge is -2.04. The molecule has 0 saturated carbocycles. The van der Waals surface area contributed by atoms with Crippen molar-refractivity contribution in [3.05, 3.63) is 58.8 Å². The number of aryl methyl sites for hydroxylation is 1. The fraction of sp³-hybridized carbons (Fsp3) is 0.0714. The summed E-state index contributed by atoms with van der Waals surface area (Å²) in [5.74, 6) is 0.581. The molecule has 0 atom stereocenters. The molecule has 0 N–H and O–H groups in total. The van der Waals surface area contributed by atoms with Crippen LogP contribution in [0.2, 0.25) is 0 Å². The molecule has 7 nitrogen and oxygen atoms in total. The maximum atomic E-state index is 13.2. The molecule has 4 aromatic heterocycles. The first kappa shape index (κ1) is 12.6. The summed E-state index contributed by atoms with van der Waals surface area (Å²) >= 11 is 0. The highest BCUT2D eigenvalue weighted by Gasteiger charge is 2.08. The van der Waals surface area contributed by atoms with Gasteiger partial charge < -0.3 is 0 Å². The molecule has 0 aliphatic heterocycles. The molecule has 0 bridgehead atoms. The highest BCUT2D eigenvalue weighted by molar-refractivity contribution is 5.60. The lowest BCUT2D eigenvalue weighted by Crippen LogP contribution is -2.14. The number of rotatable bonds is 1. The first-order valence-corrected chi connectivity index (χ1v) is 6.48. The van der Waals surface area contributed by atoms with Crippen molar-refractivity contribution in [3.8, 4) is 11.3 Å². The second kappa shape index (κ2) is 4.42. The van der Waals surface area contributed by atoms with Crippen LogP contribution in [0.4, 0.5) is 4.39 Å². The monoisotopic (exact) mass is 296 g/mol. The third-order valence-electron chi connectivity index (χ3n) is 3.22. The second-order valence-corrected chi connectivity index (χ2v) is 4.80. The quantitative estimate of drug-likeness (QED) is 0.528. The molecule has 0 radical (unpaired) electrons. The number of hydrogen-bond acceptors (Lipinski definition) is 5. The fourth-order valence-corrected chi connectivity index (χ4v) is 2.24. The van der Waals surface area contributed by atoms with Gasteiger partial charge in [0.15, 0.2) is 0 Å². The number of hydrogen-bond donors (Lipinski definition) is 0. The van der Waals surface area contributed by atoms with Crippen molar-refractivity contribution in [2.75, 3.05) is 0 Å². The molecule has 8 heteroatoms. The van der Waals surface area contributed by atoms with Gasteiger partial charge in [0.2, 0.25) is 0 Å². The molecule has 0 aliphatic carbocycles. The van der Waals surface area contributed by atoms with Gasteiger partial charge in [0.05, 0.1) is 5.69 Å². The van der Waals surface area contributed by atoms with Crippen LogP contribution < -0.4 is 5.56 Å². The summed E-state index contributed by atoms with van der Waals surface area (Å²) < 4.78 is 15.9. The molecule has 0 unspecified atom stereocenters. The zero-order chi connectivity index (χ0) is 15.3. The minimum atomic E-state index is -0.495. The van der Waals surface area contributed by atoms with E-state index in [1.807, 2.05) is 0 Å². The summed E-state index contributed by atoms with van der Waals surface area (Å²) in [5.41, 5.74) is 1.06. The van der Waals surface area contributed by atoms with Gasteiger partial charge >= 0.3 is 0 Å². The number of fused-ring (bicyclic) bond motifs is 2. The normalized spacial score (nSPS) is 11.4. The SMILES string of the molecule is Cc1nc2ncc(-c3cc(=O)n4cc(F)ccc4n3)cn2n1. The number of aromatic nitrogens is 6. The van der Waals surface area contributed by atoms with Crippen molar-refractivity contribution >= 4 is 11.4 Å².